The predicted octanol–water partition coefficient (Wildman–Crippen LogP) is 4.59. The summed E-state index contributed by atoms with van der Waals surface area (Å²) < 4.78 is 7.40. The van der Waals surface area contributed by atoms with Gasteiger partial charge in [-0.25, -0.2) is 4.79 Å². The van der Waals surface area contributed by atoms with E-state index in [0.717, 1.165) is 17.0 Å². The Bertz CT molecular complexity index is 1040. The van der Waals surface area contributed by atoms with Crippen molar-refractivity contribution in [2.75, 3.05) is 13.2 Å². The van der Waals surface area contributed by atoms with Gasteiger partial charge in [-0.05, 0) is 36.1 Å². The molecule has 29 heavy (non-hydrogen) atoms. The van der Waals surface area contributed by atoms with Crippen LogP contribution in [0, 0.1) is 13.8 Å². The van der Waals surface area contributed by atoms with Crippen LogP contribution in [-0.2, 0) is 11.8 Å². The third kappa shape index (κ3) is 3.68. The quantitative estimate of drug-likeness (QED) is 0.697. The summed E-state index contributed by atoms with van der Waals surface area (Å²) in [6.45, 7) is 4.74. The summed E-state index contributed by atoms with van der Waals surface area (Å²) in [5.74, 6) is 0.0735. The summed E-state index contributed by atoms with van der Waals surface area (Å²) in [7, 11) is 1.93. The third-order valence-corrected chi connectivity index (χ3v) is 5.56. The zero-order chi connectivity index (χ0) is 20.4. The van der Waals surface area contributed by atoms with Gasteiger partial charge in [0.2, 0.25) is 0 Å². The van der Waals surface area contributed by atoms with Crippen LogP contribution in [0.4, 0.5) is 4.79 Å². The fourth-order valence-electron chi connectivity index (χ4n) is 4.00. The van der Waals surface area contributed by atoms with E-state index in [-0.39, 0.29) is 5.92 Å². The number of hydrogen-bond donors (Lipinski definition) is 1. The summed E-state index contributed by atoms with van der Waals surface area (Å²) in [5.41, 5.74) is 8.03. The van der Waals surface area contributed by atoms with Gasteiger partial charge >= 0.3 is 6.09 Å². The van der Waals surface area contributed by atoms with Crippen LogP contribution in [-0.4, -0.2) is 29.0 Å². The molecule has 0 bridgehead atoms. The number of aryl methyl sites for hydroxylation is 2. The number of rotatable bonds is 5. The van der Waals surface area contributed by atoms with E-state index in [4.69, 9.17) is 4.74 Å². The maximum atomic E-state index is 12.2. The number of carbonyl (C=O) groups excluding carboxylic acids is 1. The second-order valence-electron chi connectivity index (χ2n) is 7.32. The molecule has 0 aliphatic heterocycles. The fraction of sp³-hybridized carbons (Fsp3) is 0.250. The zero-order valence-corrected chi connectivity index (χ0v) is 17.0. The highest BCUT2D eigenvalue weighted by atomic mass is 16.5. The lowest BCUT2D eigenvalue weighted by Gasteiger charge is -2.14. The lowest BCUT2D eigenvalue weighted by molar-refractivity contribution is 0.144. The lowest BCUT2D eigenvalue weighted by atomic mass is 9.98. The summed E-state index contributed by atoms with van der Waals surface area (Å²) in [5, 5.41) is 7.18. The van der Waals surface area contributed by atoms with Crippen LogP contribution < -0.4 is 5.32 Å². The van der Waals surface area contributed by atoms with E-state index >= 15 is 0 Å². The fourth-order valence-corrected chi connectivity index (χ4v) is 4.00. The average Bonchev–Trinajstić information content (AvgIpc) is 3.17. The zero-order valence-electron chi connectivity index (χ0n) is 17.0. The van der Waals surface area contributed by atoms with E-state index in [2.05, 4.69) is 34.7 Å². The minimum Gasteiger partial charge on any atom is -0.449 e. The van der Waals surface area contributed by atoms with Gasteiger partial charge in [0, 0.05) is 30.8 Å². The second kappa shape index (κ2) is 7.95. The maximum absolute atomic E-state index is 12.2. The molecule has 3 aromatic rings. The minimum atomic E-state index is -0.406. The van der Waals surface area contributed by atoms with Crippen molar-refractivity contribution in [3.63, 3.8) is 0 Å². The molecular weight excluding hydrogens is 362 g/mol. The molecule has 0 spiro atoms. The molecule has 0 radical (unpaired) electrons. The van der Waals surface area contributed by atoms with Gasteiger partial charge in [-0.2, -0.15) is 5.10 Å². The smallest absolute Gasteiger partial charge is 0.407 e. The van der Waals surface area contributed by atoms with E-state index < -0.39 is 6.09 Å². The van der Waals surface area contributed by atoms with Crippen molar-refractivity contribution in [2.24, 2.45) is 7.05 Å². The highest BCUT2D eigenvalue weighted by Crippen LogP contribution is 2.44. The molecule has 1 aliphatic carbocycles. The number of fused-ring (bicyclic) bond motifs is 3. The molecule has 1 aliphatic rings. The van der Waals surface area contributed by atoms with Crippen molar-refractivity contribution in [2.45, 2.75) is 19.8 Å². The van der Waals surface area contributed by atoms with E-state index in [0.29, 0.717) is 13.2 Å². The monoisotopic (exact) mass is 387 g/mol. The van der Waals surface area contributed by atoms with E-state index in [1.165, 1.54) is 22.3 Å². The Hall–Kier alpha value is -3.34. The number of ether oxygens (including phenoxy) is 1. The number of alkyl carbamates (subject to hydrolysis) is 1. The lowest BCUT2D eigenvalue weighted by Crippen LogP contribution is -2.26. The number of benzene rings is 2. The van der Waals surface area contributed by atoms with Gasteiger partial charge < -0.3 is 10.1 Å². The first-order valence-corrected chi connectivity index (χ1v) is 9.82. The van der Waals surface area contributed by atoms with Crippen molar-refractivity contribution in [1.82, 2.24) is 15.1 Å². The molecule has 0 atom stereocenters. The molecule has 0 unspecified atom stereocenters. The van der Waals surface area contributed by atoms with Crippen molar-refractivity contribution in [1.29, 1.82) is 0 Å². The highest BCUT2D eigenvalue weighted by Gasteiger charge is 2.28. The molecule has 148 valence electrons. The first-order chi connectivity index (χ1) is 14.1. The Balaban J connectivity index is 1.35. The standard InChI is InChI=1S/C24H25N3O2/c1-16-18(17(2)27(3)26-16)13-8-14-25-24(28)29-15-23-21-11-6-4-9-19(21)20-10-5-7-12-22(20)23/h4-13,23H,14-15H2,1-3H3,(H,25,28). The van der Waals surface area contributed by atoms with E-state index in [9.17, 15) is 4.79 Å². The Morgan fingerprint density at radius 2 is 1.72 bits per heavy atom. The highest BCUT2D eigenvalue weighted by molar-refractivity contribution is 5.79. The van der Waals surface area contributed by atoms with Crippen LogP contribution >= 0.6 is 0 Å². The number of aromatic nitrogens is 2. The second-order valence-corrected chi connectivity index (χ2v) is 7.32. The van der Waals surface area contributed by atoms with Crippen molar-refractivity contribution in [3.8, 4) is 11.1 Å². The molecule has 0 fully saturated rings. The number of carbonyl (C=O) groups is 1. The van der Waals surface area contributed by atoms with Gasteiger partial charge in [-0.3, -0.25) is 4.68 Å². The molecule has 1 aromatic heterocycles. The van der Waals surface area contributed by atoms with Crippen molar-refractivity contribution >= 4 is 12.2 Å². The van der Waals surface area contributed by atoms with Crippen LogP contribution in [0.5, 0.6) is 0 Å². The summed E-state index contributed by atoms with van der Waals surface area (Å²) >= 11 is 0. The molecule has 0 saturated heterocycles. The Kier molecular flexibility index (Phi) is 5.21. The first-order valence-electron chi connectivity index (χ1n) is 9.82. The Morgan fingerprint density at radius 3 is 2.31 bits per heavy atom. The maximum Gasteiger partial charge on any atom is 0.407 e. The molecular formula is C24H25N3O2. The normalized spacial score (nSPS) is 12.8. The average molecular weight is 387 g/mol. The number of hydrogen-bond acceptors (Lipinski definition) is 3. The van der Waals surface area contributed by atoms with Crippen LogP contribution in [0.1, 0.15) is 34.0 Å². The van der Waals surface area contributed by atoms with Crippen molar-refractivity contribution < 1.29 is 9.53 Å². The molecule has 5 nitrogen and oxygen atoms in total. The predicted molar refractivity (Wildman–Crippen MR) is 115 cm³/mol. The number of amides is 1. The van der Waals surface area contributed by atoms with Gasteiger partial charge in [0.25, 0.3) is 0 Å². The molecule has 1 heterocycles. The summed E-state index contributed by atoms with van der Waals surface area (Å²) in [4.78, 5) is 12.2. The molecule has 5 heteroatoms. The van der Waals surface area contributed by atoms with Gasteiger partial charge in [0.15, 0.2) is 0 Å². The van der Waals surface area contributed by atoms with Crippen LogP contribution in [0.3, 0.4) is 0 Å². The summed E-state index contributed by atoms with van der Waals surface area (Å²) in [6, 6.07) is 16.6. The van der Waals surface area contributed by atoms with E-state index in [1.807, 2.05) is 62.0 Å². The number of nitrogens with zero attached hydrogens (tertiary/aromatic N) is 2. The minimum absolute atomic E-state index is 0.0735. The number of nitrogens with one attached hydrogen (secondary N) is 1. The summed E-state index contributed by atoms with van der Waals surface area (Å²) in [6.07, 6.45) is 3.50. The van der Waals surface area contributed by atoms with Crippen LogP contribution in [0.15, 0.2) is 54.6 Å². The van der Waals surface area contributed by atoms with Gasteiger partial charge in [0.1, 0.15) is 6.61 Å². The SMILES string of the molecule is Cc1nn(C)c(C)c1C=CCNC(=O)OCC1c2ccccc2-c2ccccc21. The molecule has 2 aromatic carbocycles. The topological polar surface area (TPSA) is 56.2 Å². The van der Waals surface area contributed by atoms with E-state index in [1.54, 1.807) is 0 Å². The third-order valence-electron chi connectivity index (χ3n) is 5.56. The Labute approximate surface area is 171 Å². The van der Waals surface area contributed by atoms with Gasteiger partial charge in [-0.15, -0.1) is 0 Å². The largest absolute Gasteiger partial charge is 0.449 e. The Morgan fingerprint density at radius 1 is 1.10 bits per heavy atom. The molecule has 0 saturated carbocycles. The van der Waals surface area contributed by atoms with Crippen LogP contribution in [0.25, 0.3) is 17.2 Å². The first kappa shape index (κ1) is 19.0. The van der Waals surface area contributed by atoms with Gasteiger partial charge in [-0.1, -0.05) is 60.7 Å². The molecule has 1 amide bonds. The molecule has 1 N–H and O–H groups in total. The van der Waals surface area contributed by atoms with Crippen LogP contribution in [0.2, 0.25) is 0 Å². The molecule has 4 rings (SSSR count). The van der Waals surface area contributed by atoms with Crippen molar-refractivity contribution in [3.05, 3.63) is 82.7 Å². The van der Waals surface area contributed by atoms with Gasteiger partial charge in [0.05, 0.1) is 5.69 Å².